The van der Waals surface area contributed by atoms with Gasteiger partial charge in [-0.05, 0) is 42.0 Å². The molecular formula is C14H14N2O4S. The molecule has 7 heteroatoms. The van der Waals surface area contributed by atoms with E-state index in [1.165, 1.54) is 24.3 Å². The number of anilines is 1. The molecule has 0 saturated heterocycles. The van der Waals surface area contributed by atoms with E-state index in [9.17, 15) is 13.2 Å². The Hall–Kier alpha value is -2.54. The lowest BCUT2D eigenvalue weighted by atomic mass is 10.1. The number of phenols is 1. The van der Waals surface area contributed by atoms with Crippen LogP contribution in [0.4, 0.5) is 5.69 Å². The maximum atomic E-state index is 12.0. The Kier molecular flexibility index (Phi) is 4.13. The molecule has 0 bridgehead atoms. The van der Waals surface area contributed by atoms with E-state index in [0.717, 1.165) is 0 Å². The van der Waals surface area contributed by atoms with Gasteiger partial charge in [0, 0.05) is 5.69 Å². The number of nitrogens with one attached hydrogen (secondary N) is 1. The molecule has 2 rings (SSSR count). The number of hydrogen-bond acceptors (Lipinski definition) is 5. The summed E-state index contributed by atoms with van der Waals surface area (Å²) in [6.45, 7) is 0. The molecule has 0 aliphatic rings. The number of sulfonamides is 1. The zero-order chi connectivity index (χ0) is 15.5. The van der Waals surface area contributed by atoms with Crippen molar-refractivity contribution in [2.24, 2.45) is 0 Å². The van der Waals surface area contributed by atoms with Gasteiger partial charge in [0.1, 0.15) is 5.75 Å². The third-order valence-electron chi connectivity index (χ3n) is 2.74. The molecule has 4 N–H and O–H groups in total. The molecule has 110 valence electrons. The Morgan fingerprint density at radius 1 is 1.05 bits per heavy atom. The molecule has 0 aliphatic carbocycles. The second-order valence-electron chi connectivity index (χ2n) is 4.44. The molecule has 2 aromatic carbocycles. The third kappa shape index (κ3) is 3.96. The van der Waals surface area contributed by atoms with Crippen LogP contribution < -0.4 is 10.5 Å². The van der Waals surface area contributed by atoms with E-state index >= 15 is 0 Å². The summed E-state index contributed by atoms with van der Waals surface area (Å²) in [4.78, 5) is 11.7. The Bertz CT molecular complexity index is 738. The van der Waals surface area contributed by atoms with Crippen LogP contribution in [-0.4, -0.2) is 19.4 Å². The molecule has 0 fully saturated rings. The summed E-state index contributed by atoms with van der Waals surface area (Å²) in [7, 11) is -3.94. The highest BCUT2D eigenvalue weighted by Gasteiger charge is 2.17. The van der Waals surface area contributed by atoms with E-state index in [4.69, 9.17) is 10.8 Å². The maximum absolute atomic E-state index is 12.0. The number of phenolic OH excluding ortho intramolecular Hbond substituents is 1. The summed E-state index contributed by atoms with van der Waals surface area (Å²) in [5, 5.41) is 9.13. The molecule has 0 saturated carbocycles. The number of benzene rings is 2. The van der Waals surface area contributed by atoms with Crippen molar-refractivity contribution in [1.29, 1.82) is 0 Å². The molecule has 0 heterocycles. The number of nitrogens with two attached hydrogens (primary N) is 1. The standard InChI is InChI=1S/C14H14N2O4S/c15-11-3-1-10(2-4-11)9-14(18)16-21(19,20)13-7-5-12(17)6-8-13/h1-8,17H,9,15H2,(H,16,18). The van der Waals surface area contributed by atoms with Crippen LogP contribution in [0.5, 0.6) is 5.75 Å². The van der Waals surface area contributed by atoms with Gasteiger partial charge < -0.3 is 10.8 Å². The summed E-state index contributed by atoms with van der Waals surface area (Å²) in [6.07, 6.45) is -0.0718. The fraction of sp³-hybridized carbons (Fsp3) is 0.0714. The van der Waals surface area contributed by atoms with Gasteiger partial charge in [0.2, 0.25) is 5.91 Å². The molecule has 0 aliphatic heterocycles. The Morgan fingerprint density at radius 3 is 2.19 bits per heavy atom. The number of nitrogen functional groups attached to an aromatic ring is 1. The monoisotopic (exact) mass is 306 g/mol. The van der Waals surface area contributed by atoms with Crippen molar-refractivity contribution in [1.82, 2.24) is 4.72 Å². The number of hydrogen-bond donors (Lipinski definition) is 3. The maximum Gasteiger partial charge on any atom is 0.264 e. The van der Waals surface area contributed by atoms with E-state index in [1.54, 1.807) is 24.3 Å². The molecule has 0 atom stereocenters. The van der Waals surface area contributed by atoms with Crippen LogP contribution in [0.1, 0.15) is 5.56 Å². The van der Waals surface area contributed by atoms with Gasteiger partial charge in [-0.1, -0.05) is 12.1 Å². The van der Waals surface area contributed by atoms with Crippen LogP contribution in [0, 0.1) is 0 Å². The first kappa shape index (κ1) is 14.9. The minimum absolute atomic E-state index is 0.0536. The van der Waals surface area contributed by atoms with Crippen molar-refractivity contribution in [3.63, 3.8) is 0 Å². The number of rotatable bonds is 4. The molecule has 0 aromatic heterocycles. The lowest BCUT2D eigenvalue weighted by Gasteiger charge is -2.07. The average Bonchev–Trinajstić information content (AvgIpc) is 2.41. The smallest absolute Gasteiger partial charge is 0.264 e. The van der Waals surface area contributed by atoms with E-state index in [1.807, 2.05) is 4.72 Å². The predicted molar refractivity (Wildman–Crippen MR) is 78.0 cm³/mol. The van der Waals surface area contributed by atoms with Gasteiger partial charge in [0.15, 0.2) is 0 Å². The van der Waals surface area contributed by atoms with Crippen LogP contribution in [0.3, 0.4) is 0 Å². The van der Waals surface area contributed by atoms with E-state index < -0.39 is 15.9 Å². The van der Waals surface area contributed by atoms with Gasteiger partial charge in [0.25, 0.3) is 10.0 Å². The Labute approximate surface area is 122 Å². The minimum atomic E-state index is -3.94. The topological polar surface area (TPSA) is 109 Å². The quantitative estimate of drug-likeness (QED) is 0.731. The van der Waals surface area contributed by atoms with Gasteiger partial charge >= 0.3 is 0 Å². The third-order valence-corrected chi connectivity index (χ3v) is 4.13. The highest BCUT2D eigenvalue weighted by molar-refractivity contribution is 7.90. The Balaban J connectivity index is 2.07. The van der Waals surface area contributed by atoms with Crippen LogP contribution in [-0.2, 0) is 21.2 Å². The number of aromatic hydroxyl groups is 1. The highest BCUT2D eigenvalue weighted by atomic mass is 32.2. The lowest BCUT2D eigenvalue weighted by Crippen LogP contribution is -2.31. The number of carbonyl (C=O) groups is 1. The summed E-state index contributed by atoms with van der Waals surface area (Å²) in [5.41, 5.74) is 6.75. The number of carbonyl (C=O) groups excluding carboxylic acids is 1. The Morgan fingerprint density at radius 2 is 1.62 bits per heavy atom. The van der Waals surface area contributed by atoms with Crippen molar-refractivity contribution in [3.05, 3.63) is 54.1 Å². The van der Waals surface area contributed by atoms with Crippen molar-refractivity contribution in [2.45, 2.75) is 11.3 Å². The van der Waals surface area contributed by atoms with Crippen molar-refractivity contribution in [3.8, 4) is 5.75 Å². The van der Waals surface area contributed by atoms with Crippen LogP contribution >= 0.6 is 0 Å². The second-order valence-corrected chi connectivity index (χ2v) is 6.12. The zero-order valence-corrected chi connectivity index (χ0v) is 11.8. The first-order chi connectivity index (χ1) is 9.87. The summed E-state index contributed by atoms with van der Waals surface area (Å²) < 4.78 is 25.9. The fourth-order valence-corrected chi connectivity index (χ4v) is 2.68. The normalized spacial score (nSPS) is 11.0. The highest BCUT2D eigenvalue weighted by Crippen LogP contribution is 2.14. The minimum Gasteiger partial charge on any atom is -0.508 e. The molecule has 21 heavy (non-hydrogen) atoms. The SMILES string of the molecule is Nc1ccc(CC(=O)NS(=O)(=O)c2ccc(O)cc2)cc1. The number of amides is 1. The molecule has 0 unspecified atom stereocenters. The van der Waals surface area contributed by atoms with Gasteiger partial charge in [-0.25, -0.2) is 13.1 Å². The first-order valence-corrected chi connectivity index (χ1v) is 7.54. The largest absolute Gasteiger partial charge is 0.508 e. The molecule has 0 spiro atoms. The average molecular weight is 306 g/mol. The van der Waals surface area contributed by atoms with Gasteiger partial charge in [0.05, 0.1) is 11.3 Å². The molecule has 6 nitrogen and oxygen atoms in total. The second kappa shape index (κ2) is 5.84. The van der Waals surface area contributed by atoms with Crippen LogP contribution in [0.25, 0.3) is 0 Å². The summed E-state index contributed by atoms with van der Waals surface area (Å²) >= 11 is 0. The predicted octanol–water partition coefficient (Wildman–Crippen LogP) is 1.02. The fourth-order valence-electron chi connectivity index (χ4n) is 1.69. The molecule has 0 radical (unpaired) electrons. The van der Waals surface area contributed by atoms with E-state index in [2.05, 4.69) is 0 Å². The zero-order valence-electron chi connectivity index (χ0n) is 11.0. The van der Waals surface area contributed by atoms with E-state index in [0.29, 0.717) is 11.3 Å². The summed E-state index contributed by atoms with van der Waals surface area (Å²) in [5.74, 6) is -0.699. The van der Waals surface area contributed by atoms with Crippen molar-refractivity contribution >= 4 is 21.6 Å². The van der Waals surface area contributed by atoms with E-state index in [-0.39, 0.29) is 17.1 Å². The summed E-state index contributed by atoms with van der Waals surface area (Å²) in [6, 6.07) is 11.5. The van der Waals surface area contributed by atoms with Crippen LogP contribution in [0.15, 0.2) is 53.4 Å². The van der Waals surface area contributed by atoms with Crippen molar-refractivity contribution < 1.29 is 18.3 Å². The first-order valence-electron chi connectivity index (χ1n) is 6.06. The molecule has 1 amide bonds. The van der Waals surface area contributed by atoms with Gasteiger partial charge in [-0.2, -0.15) is 0 Å². The van der Waals surface area contributed by atoms with Crippen LogP contribution in [0.2, 0.25) is 0 Å². The lowest BCUT2D eigenvalue weighted by molar-refractivity contribution is -0.118. The van der Waals surface area contributed by atoms with Gasteiger partial charge in [-0.3, -0.25) is 4.79 Å². The molecule has 2 aromatic rings. The van der Waals surface area contributed by atoms with Gasteiger partial charge in [-0.15, -0.1) is 0 Å². The molecular weight excluding hydrogens is 292 g/mol. The van der Waals surface area contributed by atoms with Crippen molar-refractivity contribution in [2.75, 3.05) is 5.73 Å².